The highest BCUT2D eigenvalue weighted by atomic mass is 35.5. The van der Waals surface area contributed by atoms with Gasteiger partial charge in [-0.3, -0.25) is 0 Å². The van der Waals surface area contributed by atoms with Gasteiger partial charge in [0.25, 0.3) is 0 Å². The zero-order chi connectivity index (χ0) is 12.3. The van der Waals surface area contributed by atoms with Crippen LogP contribution < -0.4 is 4.74 Å². The van der Waals surface area contributed by atoms with Crippen LogP contribution in [0.5, 0.6) is 5.75 Å². The third kappa shape index (κ3) is 3.09. The van der Waals surface area contributed by atoms with E-state index >= 15 is 0 Å². The van der Waals surface area contributed by atoms with Gasteiger partial charge in [0.1, 0.15) is 18.5 Å². The SMILES string of the molecule is OCC(O)COc1ccc2cc(Cl)ccc2c1. The summed E-state index contributed by atoms with van der Waals surface area (Å²) in [6.45, 7) is -0.223. The lowest BCUT2D eigenvalue weighted by atomic mass is 10.1. The molecule has 2 rings (SSSR count). The number of halogens is 1. The first-order valence-electron chi connectivity index (χ1n) is 5.30. The molecule has 0 spiro atoms. The normalized spacial score (nSPS) is 12.6. The molecule has 0 aromatic heterocycles. The monoisotopic (exact) mass is 252 g/mol. The molecule has 90 valence electrons. The van der Waals surface area contributed by atoms with E-state index in [1.807, 2.05) is 36.4 Å². The Kier molecular flexibility index (Phi) is 3.84. The number of aliphatic hydroxyl groups excluding tert-OH is 2. The number of benzene rings is 2. The third-order valence-corrected chi connectivity index (χ3v) is 2.66. The van der Waals surface area contributed by atoms with Gasteiger partial charge in [0.2, 0.25) is 0 Å². The minimum Gasteiger partial charge on any atom is -0.491 e. The molecule has 0 saturated heterocycles. The predicted octanol–water partition coefficient (Wildman–Crippen LogP) is 2.23. The Balaban J connectivity index is 2.17. The third-order valence-electron chi connectivity index (χ3n) is 2.43. The molecule has 0 saturated carbocycles. The maximum Gasteiger partial charge on any atom is 0.120 e. The van der Waals surface area contributed by atoms with E-state index in [-0.39, 0.29) is 13.2 Å². The number of fused-ring (bicyclic) bond motifs is 1. The molecule has 0 fully saturated rings. The van der Waals surface area contributed by atoms with Gasteiger partial charge >= 0.3 is 0 Å². The van der Waals surface area contributed by atoms with Gasteiger partial charge < -0.3 is 14.9 Å². The molecule has 2 aromatic carbocycles. The van der Waals surface area contributed by atoms with Crippen LogP contribution in [0.3, 0.4) is 0 Å². The average molecular weight is 253 g/mol. The summed E-state index contributed by atoms with van der Waals surface area (Å²) < 4.78 is 5.35. The molecular formula is C13H13ClO3. The minimum absolute atomic E-state index is 0.0790. The quantitative estimate of drug-likeness (QED) is 0.877. The highest BCUT2D eigenvalue weighted by Gasteiger charge is 2.03. The van der Waals surface area contributed by atoms with Crippen molar-refractivity contribution in [1.82, 2.24) is 0 Å². The van der Waals surface area contributed by atoms with Gasteiger partial charge in [-0.1, -0.05) is 23.7 Å². The van der Waals surface area contributed by atoms with E-state index in [0.29, 0.717) is 10.8 Å². The van der Waals surface area contributed by atoms with Crippen molar-refractivity contribution in [3.8, 4) is 5.75 Å². The van der Waals surface area contributed by atoms with Crippen molar-refractivity contribution in [1.29, 1.82) is 0 Å². The first-order chi connectivity index (χ1) is 8.19. The lowest BCUT2D eigenvalue weighted by Crippen LogP contribution is -2.21. The van der Waals surface area contributed by atoms with Gasteiger partial charge in [0, 0.05) is 5.02 Å². The molecule has 3 nitrogen and oxygen atoms in total. The molecule has 0 aliphatic heterocycles. The first-order valence-corrected chi connectivity index (χ1v) is 5.68. The van der Waals surface area contributed by atoms with E-state index in [2.05, 4.69) is 0 Å². The fourth-order valence-electron chi connectivity index (χ4n) is 1.53. The second-order valence-electron chi connectivity index (χ2n) is 3.80. The Morgan fingerprint density at radius 3 is 2.59 bits per heavy atom. The van der Waals surface area contributed by atoms with Crippen LogP contribution in [0.2, 0.25) is 5.02 Å². The number of hydrogen-bond donors (Lipinski definition) is 2. The average Bonchev–Trinajstić information content (AvgIpc) is 2.35. The molecule has 17 heavy (non-hydrogen) atoms. The minimum atomic E-state index is -0.851. The zero-order valence-corrected chi connectivity index (χ0v) is 9.89. The maximum atomic E-state index is 9.18. The molecule has 0 amide bonds. The molecule has 0 aliphatic rings. The summed E-state index contributed by atoms with van der Waals surface area (Å²) in [5.41, 5.74) is 0. The van der Waals surface area contributed by atoms with Gasteiger partial charge in [-0.25, -0.2) is 0 Å². The van der Waals surface area contributed by atoms with Crippen LogP contribution >= 0.6 is 11.6 Å². The van der Waals surface area contributed by atoms with Crippen LogP contribution in [-0.4, -0.2) is 29.5 Å². The van der Waals surface area contributed by atoms with E-state index in [0.717, 1.165) is 10.8 Å². The summed E-state index contributed by atoms with van der Waals surface area (Å²) in [6.07, 6.45) is -0.851. The Hall–Kier alpha value is -1.29. The Labute approximate surface area is 104 Å². The van der Waals surface area contributed by atoms with E-state index in [9.17, 15) is 5.11 Å². The van der Waals surface area contributed by atoms with Crippen LogP contribution in [0, 0.1) is 0 Å². The highest BCUT2D eigenvalue weighted by molar-refractivity contribution is 6.31. The Morgan fingerprint density at radius 2 is 1.82 bits per heavy atom. The van der Waals surface area contributed by atoms with E-state index in [4.69, 9.17) is 21.4 Å². The lowest BCUT2D eigenvalue weighted by molar-refractivity contribution is 0.0536. The second kappa shape index (κ2) is 5.36. The maximum absolute atomic E-state index is 9.18. The smallest absolute Gasteiger partial charge is 0.120 e. The van der Waals surface area contributed by atoms with Gasteiger partial charge in [-0.05, 0) is 35.0 Å². The van der Waals surface area contributed by atoms with Crippen molar-refractivity contribution in [2.75, 3.05) is 13.2 Å². The summed E-state index contributed by atoms with van der Waals surface area (Å²) in [6, 6.07) is 11.2. The molecule has 0 bridgehead atoms. The zero-order valence-electron chi connectivity index (χ0n) is 9.14. The molecule has 0 aliphatic carbocycles. The second-order valence-corrected chi connectivity index (χ2v) is 4.24. The number of rotatable bonds is 4. The van der Waals surface area contributed by atoms with Crippen molar-refractivity contribution < 1.29 is 14.9 Å². The molecule has 0 radical (unpaired) electrons. The van der Waals surface area contributed by atoms with Crippen molar-refractivity contribution in [3.63, 3.8) is 0 Å². The number of aliphatic hydroxyl groups is 2. The predicted molar refractivity (Wildman–Crippen MR) is 67.5 cm³/mol. The molecule has 1 atom stereocenters. The summed E-state index contributed by atoms with van der Waals surface area (Å²) in [5.74, 6) is 0.660. The van der Waals surface area contributed by atoms with E-state index in [1.165, 1.54) is 0 Å². The van der Waals surface area contributed by atoms with Crippen LogP contribution in [0.1, 0.15) is 0 Å². The fraction of sp³-hybridized carbons (Fsp3) is 0.231. The lowest BCUT2D eigenvalue weighted by Gasteiger charge is -2.10. The van der Waals surface area contributed by atoms with Crippen LogP contribution in [0.4, 0.5) is 0 Å². The van der Waals surface area contributed by atoms with Crippen molar-refractivity contribution >= 4 is 22.4 Å². The van der Waals surface area contributed by atoms with E-state index < -0.39 is 6.10 Å². The summed E-state index contributed by atoms with van der Waals surface area (Å²) in [5, 5.41) is 20.6. The van der Waals surface area contributed by atoms with Crippen LogP contribution in [0.15, 0.2) is 36.4 Å². The number of hydrogen-bond acceptors (Lipinski definition) is 3. The van der Waals surface area contributed by atoms with Crippen molar-refractivity contribution in [2.45, 2.75) is 6.10 Å². The standard InChI is InChI=1S/C13H13ClO3/c14-11-3-1-10-6-13(4-2-9(10)5-11)17-8-12(16)7-15/h1-6,12,15-16H,7-8H2. The highest BCUT2D eigenvalue weighted by Crippen LogP contribution is 2.23. The summed E-state index contributed by atoms with van der Waals surface area (Å²) in [7, 11) is 0. The number of ether oxygens (including phenoxy) is 1. The van der Waals surface area contributed by atoms with E-state index in [1.54, 1.807) is 0 Å². The van der Waals surface area contributed by atoms with Gasteiger partial charge in [0.05, 0.1) is 6.61 Å². The molecule has 4 heteroatoms. The van der Waals surface area contributed by atoms with Gasteiger partial charge in [-0.2, -0.15) is 0 Å². The summed E-state index contributed by atoms with van der Waals surface area (Å²) >= 11 is 5.89. The molecule has 0 heterocycles. The van der Waals surface area contributed by atoms with Gasteiger partial charge in [-0.15, -0.1) is 0 Å². The molecule has 2 N–H and O–H groups in total. The Morgan fingerprint density at radius 1 is 1.12 bits per heavy atom. The van der Waals surface area contributed by atoms with Crippen molar-refractivity contribution in [3.05, 3.63) is 41.4 Å². The Bertz CT molecular complexity index is 513. The van der Waals surface area contributed by atoms with Crippen LogP contribution in [-0.2, 0) is 0 Å². The fourth-order valence-corrected chi connectivity index (χ4v) is 1.71. The molecular weight excluding hydrogens is 240 g/mol. The first kappa shape index (κ1) is 12.2. The molecule has 2 aromatic rings. The van der Waals surface area contributed by atoms with Crippen LogP contribution in [0.25, 0.3) is 10.8 Å². The summed E-state index contributed by atoms with van der Waals surface area (Å²) in [4.78, 5) is 0. The largest absolute Gasteiger partial charge is 0.491 e. The van der Waals surface area contributed by atoms with Crippen molar-refractivity contribution in [2.24, 2.45) is 0 Å². The topological polar surface area (TPSA) is 49.7 Å². The van der Waals surface area contributed by atoms with Gasteiger partial charge in [0.15, 0.2) is 0 Å². The molecule has 1 unspecified atom stereocenters.